The van der Waals surface area contributed by atoms with Crippen molar-refractivity contribution >= 4 is 56.3 Å². The lowest BCUT2D eigenvalue weighted by molar-refractivity contribution is 0.0988. The van der Waals surface area contributed by atoms with Crippen LogP contribution in [0, 0.1) is 22.7 Å². The molecule has 0 aromatic carbocycles. The van der Waals surface area contributed by atoms with Crippen LogP contribution in [0.5, 0.6) is 0 Å². The number of pyridine rings is 1. The van der Waals surface area contributed by atoms with Crippen molar-refractivity contribution in [3.8, 4) is 0 Å². The number of nitrogens with two attached hydrogens (primary N) is 2. The van der Waals surface area contributed by atoms with E-state index < -0.39 is 23.6 Å². The zero-order valence-electron chi connectivity index (χ0n) is 27.6. The predicted octanol–water partition coefficient (Wildman–Crippen LogP) is 6.99. The number of aromatic nitrogens is 1. The maximum atomic E-state index is 13.2. The molecule has 2 atom stereocenters. The fraction of sp³-hybridized carbons (Fsp3) is 0.514. The summed E-state index contributed by atoms with van der Waals surface area (Å²) in [6.07, 6.45) is 8.59. The molecule has 0 saturated carbocycles. The molecule has 0 bridgehead atoms. The Bertz CT molecular complexity index is 1560. The zero-order valence-corrected chi connectivity index (χ0v) is 29.2. The Morgan fingerprint density at radius 1 is 0.783 bits per heavy atom. The first kappa shape index (κ1) is 33.8. The molecule has 2 aliphatic rings. The van der Waals surface area contributed by atoms with Crippen molar-refractivity contribution in [3.05, 3.63) is 61.6 Å². The van der Waals surface area contributed by atoms with Gasteiger partial charge in [-0.05, 0) is 84.5 Å². The van der Waals surface area contributed by atoms with Crippen LogP contribution in [0.15, 0.2) is 18.3 Å². The van der Waals surface area contributed by atoms with Crippen LogP contribution in [0.2, 0.25) is 0 Å². The molecule has 3 aromatic heterocycles. The molecule has 6 N–H and O–H groups in total. The Morgan fingerprint density at radius 2 is 1.24 bits per heavy atom. The highest BCUT2D eigenvalue weighted by Gasteiger charge is 2.36. The highest BCUT2D eigenvalue weighted by molar-refractivity contribution is 7.17. The van der Waals surface area contributed by atoms with E-state index in [1.807, 2.05) is 0 Å². The fourth-order valence-corrected chi connectivity index (χ4v) is 9.44. The third-order valence-electron chi connectivity index (χ3n) is 10.8. The quantitative estimate of drug-likeness (QED) is 0.184. The summed E-state index contributed by atoms with van der Waals surface area (Å²) in [6.45, 7) is 13.5. The van der Waals surface area contributed by atoms with E-state index in [0.29, 0.717) is 33.0 Å². The topological polar surface area (TPSA) is 157 Å². The van der Waals surface area contributed by atoms with E-state index in [2.05, 4.69) is 57.2 Å². The normalized spacial score (nSPS) is 18.0. The summed E-state index contributed by atoms with van der Waals surface area (Å²) in [6, 6.07) is 2.98. The number of amides is 4. The number of nitrogens with zero attached hydrogens (tertiary/aromatic N) is 1. The van der Waals surface area contributed by atoms with Gasteiger partial charge in [-0.15, -0.1) is 22.7 Å². The smallest absolute Gasteiger partial charge is 0.274 e. The average molecular weight is 664 g/mol. The summed E-state index contributed by atoms with van der Waals surface area (Å²) in [5.74, 6) is -1.09. The van der Waals surface area contributed by atoms with E-state index >= 15 is 0 Å². The average Bonchev–Trinajstić information content (AvgIpc) is 3.57. The number of thiophene rings is 2. The van der Waals surface area contributed by atoms with Crippen LogP contribution in [0.1, 0.15) is 130 Å². The first-order chi connectivity index (χ1) is 21.7. The van der Waals surface area contributed by atoms with Gasteiger partial charge in [0.1, 0.15) is 15.7 Å². The lowest BCUT2D eigenvalue weighted by Gasteiger charge is -2.36. The maximum absolute atomic E-state index is 13.2. The number of carbonyl (C=O) groups excluding carboxylic acids is 4. The van der Waals surface area contributed by atoms with Gasteiger partial charge in [0.2, 0.25) is 0 Å². The molecular formula is C35H45N5O4S2. The monoisotopic (exact) mass is 663 g/mol. The molecule has 5 rings (SSSR count). The van der Waals surface area contributed by atoms with Gasteiger partial charge < -0.3 is 22.1 Å². The number of primary amides is 2. The van der Waals surface area contributed by atoms with Gasteiger partial charge in [0.05, 0.1) is 16.7 Å². The Morgan fingerprint density at radius 3 is 1.63 bits per heavy atom. The molecule has 3 heterocycles. The van der Waals surface area contributed by atoms with Crippen LogP contribution in [0.25, 0.3) is 0 Å². The predicted molar refractivity (Wildman–Crippen MR) is 185 cm³/mol. The van der Waals surface area contributed by atoms with Gasteiger partial charge in [0.15, 0.2) is 0 Å². The van der Waals surface area contributed by atoms with Crippen molar-refractivity contribution in [1.82, 2.24) is 4.98 Å². The van der Waals surface area contributed by atoms with Crippen molar-refractivity contribution in [2.45, 2.75) is 92.9 Å². The van der Waals surface area contributed by atoms with E-state index in [1.54, 1.807) is 0 Å². The molecule has 0 saturated heterocycles. The molecule has 0 radical (unpaired) electrons. The lowest BCUT2D eigenvalue weighted by atomic mass is 9.69. The van der Waals surface area contributed by atoms with Gasteiger partial charge in [-0.2, -0.15) is 0 Å². The summed E-state index contributed by atoms with van der Waals surface area (Å²) in [5.41, 5.74) is 14.9. The SMILES string of the molecule is CCC(C)(C)C1CCc2c(sc(NC(=O)c3ccc(C(=O)Nc4sc5c(c4C(N)=O)CCC(C(C)(C)CC)C5)nc3)c2C(N)=O)C1. The van der Waals surface area contributed by atoms with Gasteiger partial charge in [-0.25, -0.2) is 0 Å². The summed E-state index contributed by atoms with van der Waals surface area (Å²) >= 11 is 2.83. The maximum Gasteiger partial charge on any atom is 0.274 e. The number of fused-ring (bicyclic) bond motifs is 2. The number of hydrogen-bond donors (Lipinski definition) is 4. The molecule has 9 nitrogen and oxygen atoms in total. The minimum Gasteiger partial charge on any atom is -0.365 e. The van der Waals surface area contributed by atoms with Crippen molar-refractivity contribution < 1.29 is 19.2 Å². The second-order valence-electron chi connectivity index (χ2n) is 14.0. The van der Waals surface area contributed by atoms with E-state index in [-0.39, 0.29) is 22.1 Å². The molecule has 3 aromatic rings. The Labute approximate surface area is 278 Å². The summed E-state index contributed by atoms with van der Waals surface area (Å²) < 4.78 is 0. The third kappa shape index (κ3) is 6.49. The molecule has 246 valence electrons. The molecule has 0 spiro atoms. The molecule has 2 unspecified atom stereocenters. The van der Waals surface area contributed by atoms with Gasteiger partial charge in [0, 0.05) is 16.0 Å². The van der Waals surface area contributed by atoms with Crippen LogP contribution in [0.4, 0.5) is 10.0 Å². The Balaban J connectivity index is 1.30. The van der Waals surface area contributed by atoms with Gasteiger partial charge >= 0.3 is 0 Å². The third-order valence-corrected chi connectivity index (χ3v) is 13.1. The molecular weight excluding hydrogens is 619 g/mol. The van der Waals surface area contributed by atoms with Crippen molar-refractivity contribution in [1.29, 1.82) is 0 Å². The molecule has 2 aliphatic carbocycles. The summed E-state index contributed by atoms with van der Waals surface area (Å²) in [7, 11) is 0. The standard InChI is InChI=1S/C35H45N5O4S2/c1-7-34(3,4)19-10-12-21-24(15-19)45-32(26(21)28(36)41)39-30(43)18-9-14-23(38-17-18)31(44)40-33-27(29(37)42)22-13-11-20(16-25(22)46-33)35(5,6)8-2/h9,14,17,19-20H,7-8,10-13,15-16H2,1-6H3,(H2,36,41)(H2,37,42)(H,39,43)(H,40,44). The molecule has 0 aliphatic heterocycles. The highest BCUT2D eigenvalue weighted by atomic mass is 32.1. The molecule has 4 amide bonds. The number of hydrogen-bond acceptors (Lipinski definition) is 7. The van der Waals surface area contributed by atoms with Crippen LogP contribution < -0.4 is 22.1 Å². The fourth-order valence-electron chi connectivity index (χ4n) is 6.79. The van der Waals surface area contributed by atoms with E-state index in [0.717, 1.165) is 72.2 Å². The van der Waals surface area contributed by atoms with Crippen molar-refractivity contribution in [3.63, 3.8) is 0 Å². The van der Waals surface area contributed by atoms with E-state index in [1.165, 1.54) is 41.0 Å². The van der Waals surface area contributed by atoms with Crippen LogP contribution in [-0.2, 0) is 25.7 Å². The minimum absolute atomic E-state index is 0.0947. The van der Waals surface area contributed by atoms with Crippen molar-refractivity contribution in [2.75, 3.05) is 10.6 Å². The summed E-state index contributed by atoms with van der Waals surface area (Å²) in [5, 5.41) is 6.61. The zero-order chi connectivity index (χ0) is 33.6. The second-order valence-corrected chi connectivity index (χ2v) is 16.3. The first-order valence-corrected chi connectivity index (χ1v) is 17.8. The lowest BCUT2D eigenvalue weighted by Crippen LogP contribution is -2.29. The second kappa shape index (κ2) is 12.9. The molecule has 46 heavy (non-hydrogen) atoms. The van der Waals surface area contributed by atoms with Crippen LogP contribution in [-0.4, -0.2) is 28.6 Å². The van der Waals surface area contributed by atoms with Gasteiger partial charge in [0.25, 0.3) is 23.6 Å². The minimum atomic E-state index is -0.559. The van der Waals surface area contributed by atoms with Gasteiger partial charge in [-0.1, -0.05) is 54.4 Å². The number of rotatable bonds is 10. The Hall–Kier alpha value is -3.57. The molecule has 11 heteroatoms. The van der Waals surface area contributed by atoms with E-state index in [4.69, 9.17) is 11.5 Å². The summed E-state index contributed by atoms with van der Waals surface area (Å²) in [4.78, 5) is 57.9. The van der Waals surface area contributed by atoms with Crippen LogP contribution in [0.3, 0.4) is 0 Å². The number of nitrogens with one attached hydrogen (secondary N) is 2. The first-order valence-electron chi connectivity index (χ1n) is 16.1. The number of carbonyl (C=O) groups is 4. The molecule has 0 fully saturated rings. The van der Waals surface area contributed by atoms with E-state index in [9.17, 15) is 19.2 Å². The number of anilines is 2. The largest absolute Gasteiger partial charge is 0.365 e. The van der Waals surface area contributed by atoms with Crippen molar-refractivity contribution in [2.24, 2.45) is 34.1 Å². The Kier molecular flexibility index (Phi) is 9.48. The van der Waals surface area contributed by atoms with Gasteiger partial charge in [-0.3, -0.25) is 24.2 Å². The highest BCUT2D eigenvalue weighted by Crippen LogP contribution is 2.47. The van der Waals surface area contributed by atoms with Crippen LogP contribution >= 0.6 is 22.7 Å².